The Morgan fingerprint density at radius 2 is 1.60 bits per heavy atom. The van der Waals surface area contributed by atoms with Crippen molar-refractivity contribution in [2.75, 3.05) is 63.1 Å². The number of aldehydes is 1. The molecule has 0 radical (unpaired) electrons. The van der Waals surface area contributed by atoms with Gasteiger partial charge in [-0.1, -0.05) is 36.2 Å². The number of aromatic amines is 1. The van der Waals surface area contributed by atoms with Gasteiger partial charge in [-0.15, -0.1) is 0 Å². The molecular weight excluding hydrogens is 1020 g/mol. The predicted molar refractivity (Wildman–Crippen MR) is 295 cm³/mol. The summed E-state index contributed by atoms with van der Waals surface area (Å²) in [7, 11) is 4.98. The van der Waals surface area contributed by atoms with Gasteiger partial charge in [-0.3, -0.25) is 43.3 Å². The smallest absolute Gasteiger partial charge is 0.274 e. The Morgan fingerprint density at radius 1 is 0.872 bits per heavy atom. The number of piperidine rings is 1. The Labute approximate surface area is 454 Å². The molecule has 1 unspecified atom stereocenters. The van der Waals surface area contributed by atoms with Crippen LogP contribution in [0.5, 0.6) is 11.5 Å². The van der Waals surface area contributed by atoms with E-state index >= 15 is 0 Å². The van der Waals surface area contributed by atoms with Crippen LogP contribution < -0.4 is 36.3 Å². The molecule has 1 saturated heterocycles. The first-order chi connectivity index (χ1) is 37.6. The molecule has 3 aliphatic heterocycles. The fraction of sp³-hybridized carbons (Fsp3) is 0.375. The number of carbonyl (C=O) groups is 8. The van der Waals surface area contributed by atoms with E-state index in [1.54, 1.807) is 60.4 Å². The molecule has 5 aromatic rings. The lowest BCUT2D eigenvalue weighted by atomic mass is 9.83. The monoisotopic (exact) mass is 1080 g/mol. The van der Waals surface area contributed by atoms with E-state index in [4.69, 9.17) is 4.74 Å². The summed E-state index contributed by atoms with van der Waals surface area (Å²) in [4.78, 5) is 125. The first-order valence-corrected chi connectivity index (χ1v) is 27.3. The van der Waals surface area contributed by atoms with Gasteiger partial charge in [0.2, 0.25) is 11.8 Å². The molecule has 4 aliphatic rings. The number of fused-ring (bicyclic) bond motifs is 2. The minimum Gasteiger partial charge on any atom is -0.457 e. The number of ether oxygens (including phenoxy) is 1. The third kappa shape index (κ3) is 11.7. The number of benzene rings is 3. The van der Waals surface area contributed by atoms with Crippen molar-refractivity contribution in [3.8, 4) is 22.6 Å². The Kier molecular flexibility index (Phi) is 16.8. The van der Waals surface area contributed by atoms with E-state index in [0.717, 1.165) is 73.4 Å². The summed E-state index contributed by atoms with van der Waals surface area (Å²) in [6.45, 7) is 2.08. The molecule has 7 amide bonds. The first kappa shape index (κ1) is 54.5. The largest absolute Gasteiger partial charge is 0.457 e. The summed E-state index contributed by atoms with van der Waals surface area (Å²) >= 11 is 1.32. The summed E-state index contributed by atoms with van der Waals surface area (Å²) < 4.78 is 11.3. The molecule has 78 heavy (non-hydrogen) atoms. The molecule has 9 rings (SSSR count). The van der Waals surface area contributed by atoms with E-state index in [1.165, 1.54) is 16.5 Å². The van der Waals surface area contributed by atoms with Crippen LogP contribution in [0.25, 0.3) is 22.0 Å². The minimum atomic E-state index is -0.695. The van der Waals surface area contributed by atoms with Crippen molar-refractivity contribution in [3.63, 3.8) is 0 Å². The molecule has 21 nitrogen and oxygen atoms in total. The van der Waals surface area contributed by atoms with Crippen LogP contribution in [0.4, 0.5) is 11.4 Å². The van der Waals surface area contributed by atoms with Crippen molar-refractivity contribution >= 4 is 81.9 Å². The number of rotatable bonds is 22. The van der Waals surface area contributed by atoms with Crippen molar-refractivity contribution in [1.82, 2.24) is 45.1 Å². The van der Waals surface area contributed by atoms with Crippen LogP contribution in [-0.4, -0.2) is 154 Å². The Morgan fingerprint density at radius 3 is 2.31 bits per heavy atom. The number of nitrogens with zero attached hydrogens (tertiary/aromatic N) is 5. The number of nitrogens with one attached hydrogen (secondary N) is 6. The molecule has 1 saturated carbocycles. The summed E-state index contributed by atoms with van der Waals surface area (Å²) in [5.41, 5.74) is 4.22. The van der Waals surface area contributed by atoms with Crippen molar-refractivity contribution in [3.05, 3.63) is 118 Å². The van der Waals surface area contributed by atoms with E-state index < -0.39 is 29.7 Å². The van der Waals surface area contributed by atoms with Crippen LogP contribution in [0.15, 0.2) is 89.9 Å². The Hall–Kier alpha value is -8.24. The van der Waals surface area contributed by atoms with Crippen LogP contribution >= 0.6 is 11.9 Å². The number of para-hydroxylation sites is 1. The number of amides is 7. The SMILES string of the molecule is CNC(=O)CCC(C=O)N1Cc2c(NC3CCN(C4CC(N(C)C(=O)c5cc(Oc6ccccc6)c(-c6cn(C)c(=O)c7[nH]c(C(=O)NCCNC(=O)CCN8C(=O)C=CC8=O)cc67)cc5NSC)C4)CC3)cccc2C1=O. The fourth-order valence-electron chi connectivity index (χ4n) is 10.6. The molecule has 408 valence electrons. The third-order valence-electron chi connectivity index (χ3n) is 15.1. The van der Waals surface area contributed by atoms with Crippen LogP contribution in [0.3, 0.4) is 0 Å². The van der Waals surface area contributed by atoms with Gasteiger partial charge in [-0.05, 0) is 74.6 Å². The van der Waals surface area contributed by atoms with Gasteiger partial charge in [0.05, 0.1) is 17.3 Å². The van der Waals surface area contributed by atoms with Gasteiger partial charge >= 0.3 is 0 Å². The fourth-order valence-corrected chi connectivity index (χ4v) is 11.0. The summed E-state index contributed by atoms with van der Waals surface area (Å²) in [5.74, 6) is -1.60. The number of aryl methyl sites for hydroxylation is 1. The highest BCUT2D eigenvalue weighted by molar-refractivity contribution is 7.99. The van der Waals surface area contributed by atoms with Gasteiger partial charge in [0.25, 0.3) is 35.1 Å². The number of hydrogen-bond acceptors (Lipinski definition) is 14. The first-order valence-electron chi connectivity index (χ1n) is 26.0. The number of pyridine rings is 1. The van der Waals surface area contributed by atoms with E-state index in [2.05, 4.69) is 35.9 Å². The zero-order valence-electron chi connectivity index (χ0n) is 43.9. The van der Waals surface area contributed by atoms with E-state index in [1.807, 2.05) is 49.7 Å². The molecule has 3 aromatic carbocycles. The standard InChI is InChI=1S/C56H63N11O10S/c1-57-48(69)14-13-34(32-68)67-31-43-38(55(67)75)11-8-12-44(43)60-33-17-22-65(23-18-33)36-25-35(26-36)64(3)54(74)41-29-47(77-37-9-6-5-7-10-37)39(27-45(41)62-78-4)42-30-63(2)56(76)52-40(42)28-46(61-52)53(73)59-21-20-58-49(70)19-24-66-50(71)15-16-51(66)72/h5-12,15-16,27-30,32-36,60-62H,13-14,17-26,31H2,1-4H3,(H,57,69)(H,58,70)(H,59,73). The summed E-state index contributed by atoms with van der Waals surface area (Å²) in [6, 6.07) is 19.7. The second-order valence-electron chi connectivity index (χ2n) is 19.9. The van der Waals surface area contributed by atoms with E-state index in [9.17, 15) is 43.2 Å². The molecule has 0 bridgehead atoms. The van der Waals surface area contributed by atoms with Gasteiger partial charge in [0.1, 0.15) is 29.0 Å². The average molecular weight is 1080 g/mol. The lowest BCUT2D eigenvalue weighted by Crippen LogP contribution is -2.56. The predicted octanol–water partition coefficient (Wildman–Crippen LogP) is 4.41. The van der Waals surface area contributed by atoms with Crippen molar-refractivity contribution in [2.45, 2.75) is 75.7 Å². The molecule has 22 heteroatoms. The molecule has 1 aliphatic carbocycles. The van der Waals surface area contributed by atoms with Crippen LogP contribution in [-0.2, 0) is 37.6 Å². The van der Waals surface area contributed by atoms with Crippen molar-refractivity contribution in [2.24, 2.45) is 7.05 Å². The van der Waals surface area contributed by atoms with Crippen LogP contribution in [0.1, 0.15) is 81.7 Å². The lowest BCUT2D eigenvalue weighted by Gasteiger charge is -2.48. The Bertz CT molecular complexity index is 3240. The lowest BCUT2D eigenvalue weighted by molar-refractivity contribution is -0.137. The second-order valence-corrected chi connectivity index (χ2v) is 20.5. The number of aromatic nitrogens is 2. The molecule has 2 fully saturated rings. The van der Waals surface area contributed by atoms with Crippen LogP contribution in [0, 0.1) is 0 Å². The second kappa shape index (κ2) is 24.0. The number of hydrogen-bond donors (Lipinski definition) is 6. The van der Waals surface area contributed by atoms with Gasteiger partial charge in [0.15, 0.2) is 0 Å². The molecule has 1 atom stereocenters. The van der Waals surface area contributed by atoms with Crippen LogP contribution in [0.2, 0.25) is 0 Å². The van der Waals surface area contributed by atoms with Crippen molar-refractivity contribution < 1.29 is 43.1 Å². The van der Waals surface area contributed by atoms with Gasteiger partial charge < -0.3 is 59.8 Å². The maximum atomic E-state index is 14.7. The maximum absolute atomic E-state index is 14.7. The minimum absolute atomic E-state index is 0.0157. The van der Waals surface area contributed by atoms with Gasteiger partial charge in [-0.25, -0.2) is 0 Å². The number of anilines is 2. The molecule has 0 spiro atoms. The average Bonchev–Trinajstić information content (AvgIpc) is 4.16. The van der Waals surface area contributed by atoms with Gasteiger partial charge in [0, 0.05) is 149 Å². The normalized spacial score (nSPS) is 17.6. The molecular formula is C56H63N11O10S. The topological polar surface area (TPSA) is 257 Å². The highest BCUT2D eigenvalue weighted by atomic mass is 32.2. The van der Waals surface area contributed by atoms with E-state index in [0.29, 0.717) is 57.4 Å². The Balaban J connectivity index is 0.855. The number of carbonyl (C=O) groups excluding carboxylic acids is 8. The van der Waals surface area contributed by atoms with Gasteiger partial charge in [-0.2, -0.15) is 0 Å². The van der Waals surface area contributed by atoms with Crippen molar-refractivity contribution in [1.29, 1.82) is 0 Å². The summed E-state index contributed by atoms with van der Waals surface area (Å²) in [5, 5.41) is 12.1. The number of likely N-dealkylation sites (tertiary alicyclic amines) is 1. The zero-order chi connectivity index (χ0) is 55.2. The molecule has 6 N–H and O–H groups in total. The number of imide groups is 1. The highest BCUT2D eigenvalue weighted by Gasteiger charge is 2.40. The summed E-state index contributed by atoms with van der Waals surface area (Å²) in [6.07, 6.45) is 10.3. The third-order valence-corrected chi connectivity index (χ3v) is 15.5. The quantitative estimate of drug-likeness (QED) is 0.0243. The zero-order valence-corrected chi connectivity index (χ0v) is 44.7. The maximum Gasteiger partial charge on any atom is 0.274 e. The highest BCUT2D eigenvalue weighted by Crippen LogP contribution is 2.42. The molecule has 5 heterocycles. The number of H-pyrrole nitrogens is 1. The molecule has 2 aromatic heterocycles. The van der Waals surface area contributed by atoms with E-state index in [-0.39, 0.29) is 85.5 Å².